The summed E-state index contributed by atoms with van der Waals surface area (Å²) in [6.45, 7) is 1.90. The number of rotatable bonds is 0. The summed E-state index contributed by atoms with van der Waals surface area (Å²) < 4.78 is 0.819. The summed E-state index contributed by atoms with van der Waals surface area (Å²) in [5.41, 5.74) is 0.924. The van der Waals surface area contributed by atoms with Crippen LogP contribution in [0.15, 0.2) is 17.0 Å². The first-order valence-electron chi connectivity index (χ1n) is 2.24. The zero-order valence-electron chi connectivity index (χ0n) is 4.43. The predicted molar refractivity (Wildman–Crippen MR) is 34.5 cm³/mol. The lowest BCUT2D eigenvalue weighted by atomic mass is 10.5. The van der Waals surface area contributed by atoms with Gasteiger partial charge in [-0.05, 0) is 22.9 Å². The average Bonchev–Trinajstić information content (AvgIpc) is 1.77. The van der Waals surface area contributed by atoms with Gasteiger partial charge >= 0.3 is 0 Å². The predicted octanol–water partition coefficient (Wildman–Crippen LogP) is 1.55. The lowest BCUT2D eigenvalue weighted by Crippen LogP contribution is -1.82. The Balaban J connectivity index is 3.13. The minimum atomic E-state index is 0.819. The molecular formula is C5H5BrN2. The summed E-state index contributed by atoms with van der Waals surface area (Å²) in [6, 6.07) is 0. The van der Waals surface area contributed by atoms with Crippen molar-refractivity contribution < 1.29 is 0 Å². The van der Waals surface area contributed by atoms with Gasteiger partial charge in [0.2, 0.25) is 0 Å². The fraction of sp³-hybridized carbons (Fsp3) is 0.200. The summed E-state index contributed by atoms with van der Waals surface area (Å²) in [5, 5.41) is 0. The van der Waals surface area contributed by atoms with Crippen molar-refractivity contribution in [3.63, 3.8) is 0 Å². The Morgan fingerprint density at radius 2 is 2.00 bits per heavy atom. The summed E-state index contributed by atoms with van der Waals surface area (Å²) >= 11 is 3.22. The van der Waals surface area contributed by atoms with Crippen molar-refractivity contribution in [1.82, 2.24) is 9.97 Å². The Labute approximate surface area is 56.1 Å². The van der Waals surface area contributed by atoms with Crippen LogP contribution in [0.25, 0.3) is 0 Å². The molecule has 1 aromatic heterocycles. The van der Waals surface area contributed by atoms with Crippen LogP contribution in [0.5, 0.6) is 0 Å². The molecule has 1 heterocycles. The fourth-order valence-corrected chi connectivity index (χ4v) is 0.611. The quantitative estimate of drug-likeness (QED) is 0.594. The van der Waals surface area contributed by atoms with Gasteiger partial charge in [-0.3, -0.25) is 4.98 Å². The molecule has 42 valence electrons. The van der Waals surface area contributed by atoms with Crippen molar-refractivity contribution in [2.45, 2.75) is 6.92 Å². The number of hydrogen-bond acceptors (Lipinski definition) is 2. The van der Waals surface area contributed by atoms with E-state index in [9.17, 15) is 0 Å². The van der Waals surface area contributed by atoms with Crippen molar-refractivity contribution in [2.24, 2.45) is 0 Å². The monoisotopic (exact) mass is 172 g/mol. The van der Waals surface area contributed by atoms with Crippen LogP contribution in [0.1, 0.15) is 5.69 Å². The van der Waals surface area contributed by atoms with Crippen LogP contribution in [-0.4, -0.2) is 9.97 Å². The van der Waals surface area contributed by atoms with E-state index < -0.39 is 0 Å². The number of nitrogens with zero attached hydrogens (tertiary/aromatic N) is 2. The molecule has 0 radical (unpaired) electrons. The van der Waals surface area contributed by atoms with Gasteiger partial charge in [-0.2, -0.15) is 0 Å². The smallest absolute Gasteiger partial charge is 0.127 e. The molecule has 0 unspecified atom stereocenters. The first-order valence-corrected chi connectivity index (χ1v) is 3.03. The molecule has 8 heavy (non-hydrogen) atoms. The second-order valence-electron chi connectivity index (χ2n) is 1.43. The molecule has 0 amide bonds. The first kappa shape index (κ1) is 5.69. The normalized spacial score (nSPS) is 9.25. The maximum Gasteiger partial charge on any atom is 0.127 e. The molecular weight excluding hydrogens is 168 g/mol. The van der Waals surface area contributed by atoms with Crippen molar-refractivity contribution in [1.29, 1.82) is 0 Å². The molecule has 0 N–H and O–H groups in total. The highest BCUT2D eigenvalue weighted by molar-refractivity contribution is 9.10. The van der Waals surface area contributed by atoms with Crippen LogP contribution >= 0.6 is 15.9 Å². The van der Waals surface area contributed by atoms with Gasteiger partial charge in [-0.15, -0.1) is 0 Å². The number of aromatic nitrogens is 2. The van der Waals surface area contributed by atoms with Gasteiger partial charge < -0.3 is 0 Å². The largest absolute Gasteiger partial charge is 0.257 e. The third-order valence-electron chi connectivity index (χ3n) is 0.821. The molecule has 3 heteroatoms. The van der Waals surface area contributed by atoms with Crippen LogP contribution in [0.3, 0.4) is 0 Å². The van der Waals surface area contributed by atoms with E-state index in [2.05, 4.69) is 25.9 Å². The van der Waals surface area contributed by atoms with E-state index in [1.54, 1.807) is 12.4 Å². The van der Waals surface area contributed by atoms with Gasteiger partial charge in [-0.25, -0.2) is 4.98 Å². The van der Waals surface area contributed by atoms with Crippen LogP contribution in [-0.2, 0) is 0 Å². The molecule has 0 bridgehead atoms. The lowest BCUT2D eigenvalue weighted by molar-refractivity contribution is 1.08. The van der Waals surface area contributed by atoms with Gasteiger partial charge in [0, 0.05) is 12.4 Å². The molecule has 0 saturated heterocycles. The standard InChI is InChI=1S/C5H5BrN2/c1-4-5(6)8-3-2-7-4/h2-3H,1H3. The van der Waals surface area contributed by atoms with Gasteiger partial charge in [0.05, 0.1) is 5.69 Å². The topological polar surface area (TPSA) is 25.8 Å². The van der Waals surface area contributed by atoms with E-state index in [-0.39, 0.29) is 0 Å². The second-order valence-corrected chi connectivity index (χ2v) is 2.18. The summed E-state index contributed by atoms with van der Waals surface area (Å²) in [7, 11) is 0. The molecule has 0 aliphatic carbocycles. The third-order valence-corrected chi connectivity index (χ3v) is 1.60. The maximum atomic E-state index is 3.97. The minimum Gasteiger partial charge on any atom is -0.257 e. The Bertz CT molecular complexity index is 167. The first-order chi connectivity index (χ1) is 3.80. The molecule has 0 fully saturated rings. The second kappa shape index (κ2) is 2.22. The van der Waals surface area contributed by atoms with Crippen LogP contribution in [0.4, 0.5) is 0 Å². The molecule has 0 aromatic carbocycles. The van der Waals surface area contributed by atoms with Crippen molar-refractivity contribution in [3.8, 4) is 0 Å². The van der Waals surface area contributed by atoms with Crippen LogP contribution in [0.2, 0.25) is 0 Å². The lowest BCUT2D eigenvalue weighted by Gasteiger charge is -1.89. The highest BCUT2D eigenvalue weighted by Crippen LogP contribution is 2.06. The fourth-order valence-electron chi connectivity index (χ4n) is 0.391. The number of hydrogen-bond donors (Lipinski definition) is 0. The average molecular weight is 173 g/mol. The minimum absolute atomic E-state index is 0.819. The summed E-state index contributed by atoms with van der Waals surface area (Å²) in [5.74, 6) is 0. The molecule has 2 nitrogen and oxygen atoms in total. The number of aryl methyl sites for hydroxylation is 1. The zero-order chi connectivity index (χ0) is 5.98. The summed E-state index contributed by atoms with van der Waals surface area (Å²) in [4.78, 5) is 7.90. The van der Waals surface area contributed by atoms with Crippen LogP contribution in [0, 0.1) is 6.92 Å². The van der Waals surface area contributed by atoms with Gasteiger partial charge in [-0.1, -0.05) is 0 Å². The van der Waals surface area contributed by atoms with Gasteiger partial charge in [0.25, 0.3) is 0 Å². The maximum absolute atomic E-state index is 3.97. The highest BCUT2D eigenvalue weighted by atomic mass is 79.9. The van der Waals surface area contributed by atoms with E-state index in [4.69, 9.17) is 0 Å². The summed E-state index contributed by atoms with van der Waals surface area (Å²) in [6.07, 6.45) is 3.32. The SMILES string of the molecule is Cc1nccnc1Br. The van der Waals surface area contributed by atoms with Crippen molar-refractivity contribution in [2.75, 3.05) is 0 Å². The van der Waals surface area contributed by atoms with Crippen molar-refractivity contribution >= 4 is 15.9 Å². The molecule has 0 saturated carbocycles. The molecule has 1 aromatic rings. The molecule has 0 atom stereocenters. The molecule has 1 rings (SSSR count). The van der Waals surface area contributed by atoms with Gasteiger partial charge in [0.1, 0.15) is 4.60 Å². The van der Waals surface area contributed by atoms with Crippen molar-refractivity contribution in [3.05, 3.63) is 22.7 Å². The Morgan fingerprint density at radius 3 is 2.38 bits per heavy atom. The Hall–Kier alpha value is -0.440. The van der Waals surface area contributed by atoms with E-state index in [0.717, 1.165) is 10.3 Å². The van der Waals surface area contributed by atoms with E-state index in [1.807, 2.05) is 6.92 Å². The van der Waals surface area contributed by atoms with Crippen LogP contribution < -0.4 is 0 Å². The molecule has 0 aliphatic heterocycles. The Morgan fingerprint density at radius 1 is 1.38 bits per heavy atom. The molecule has 0 spiro atoms. The van der Waals surface area contributed by atoms with Gasteiger partial charge in [0.15, 0.2) is 0 Å². The van der Waals surface area contributed by atoms with E-state index >= 15 is 0 Å². The third kappa shape index (κ3) is 1.04. The Kier molecular flexibility index (Phi) is 1.58. The van der Waals surface area contributed by atoms with E-state index in [0.29, 0.717) is 0 Å². The zero-order valence-corrected chi connectivity index (χ0v) is 6.01. The highest BCUT2D eigenvalue weighted by Gasteiger charge is 1.89. The van der Waals surface area contributed by atoms with E-state index in [1.165, 1.54) is 0 Å². The molecule has 0 aliphatic rings. The number of halogens is 1.